The third-order valence-electron chi connectivity index (χ3n) is 13.9. The number of fused-ring (bicyclic) bond motifs is 7. The molecule has 0 amide bonds. The van der Waals surface area contributed by atoms with Crippen LogP contribution in [0, 0.1) is 56.2 Å². The SMILES string of the molecule is CC1(C)[C@@H](O)CC[C@]2(C)[C@H]3CC[C@@H]4[C@@H]5C[C@@](C)(C(=O)O)CC[C@]5(C)CC[C@@]4(C)[C@]3(C)CC[C@@H]12. The summed E-state index contributed by atoms with van der Waals surface area (Å²) in [5.41, 5.74) is 0.702. The molecule has 3 nitrogen and oxygen atoms in total. The highest BCUT2D eigenvalue weighted by Gasteiger charge is 2.69. The van der Waals surface area contributed by atoms with Gasteiger partial charge in [-0.3, -0.25) is 4.79 Å². The molecule has 10 atom stereocenters. The highest BCUT2D eigenvalue weighted by molar-refractivity contribution is 5.74. The van der Waals surface area contributed by atoms with Crippen LogP contribution in [0.1, 0.15) is 119 Å². The molecule has 2 N–H and O–H groups in total. The van der Waals surface area contributed by atoms with Crippen molar-refractivity contribution >= 4 is 5.97 Å². The molecule has 188 valence electrons. The fourth-order valence-corrected chi connectivity index (χ4v) is 11.3. The average Bonchev–Trinajstić information content (AvgIpc) is 2.73. The predicted octanol–water partition coefficient (Wildman–Crippen LogP) is 7.31. The molecule has 0 aliphatic heterocycles. The number of rotatable bonds is 1. The van der Waals surface area contributed by atoms with Crippen LogP contribution in [0.5, 0.6) is 0 Å². The van der Waals surface area contributed by atoms with Crippen molar-refractivity contribution in [2.45, 2.75) is 125 Å². The zero-order valence-corrected chi connectivity index (χ0v) is 22.5. The normalized spacial score (nSPS) is 57.8. The predicted molar refractivity (Wildman–Crippen MR) is 133 cm³/mol. The summed E-state index contributed by atoms with van der Waals surface area (Å²) in [5, 5.41) is 21.0. The second-order valence-electron chi connectivity index (χ2n) is 15.4. The van der Waals surface area contributed by atoms with E-state index in [9.17, 15) is 15.0 Å². The van der Waals surface area contributed by atoms with Crippen molar-refractivity contribution in [2.24, 2.45) is 56.2 Å². The Bertz CT molecular complexity index is 834. The van der Waals surface area contributed by atoms with Crippen LogP contribution < -0.4 is 0 Å². The first-order valence-electron chi connectivity index (χ1n) is 14.1. The maximum atomic E-state index is 12.3. The van der Waals surface area contributed by atoms with Gasteiger partial charge in [0.25, 0.3) is 0 Å². The van der Waals surface area contributed by atoms with Gasteiger partial charge < -0.3 is 10.2 Å². The van der Waals surface area contributed by atoms with Crippen LogP contribution in [0.25, 0.3) is 0 Å². The van der Waals surface area contributed by atoms with Crippen LogP contribution in [0.3, 0.4) is 0 Å². The van der Waals surface area contributed by atoms with Crippen molar-refractivity contribution in [1.82, 2.24) is 0 Å². The Hall–Kier alpha value is -0.570. The number of hydrogen-bond acceptors (Lipinski definition) is 2. The monoisotopic (exact) mass is 458 g/mol. The van der Waals surface area contributed by atoms with Gasteiger partial charge in [-0.2, -0.15) is 0 Å². The lowest BCUT2D eigenvalue weighted by molar-refractivity contribution is -0.253. The largest absolute Gasteiger partial charge is 0.481 e. The van der Waals surface area contributed by atoms with Crippen molar-refractivity contribution < 1.29 is 15.0 Å². The lowest BCUT2D eigenvalue weighted by Gasteiger charge is -2.73. The van der Waals surface area contributed by atoms with Crippen molar-refractivity contribution in [2.75, 3.05) is 0 Å². The molecule has 0 bridgehead atoms. The Morgan fingerprint density at radius 3 is 2.03 bits per heavy atom. The molecule has 0 aromatic carbocycles. The molecule has 0 unspecified atom stereocenters. The van der Waals surface area contributed by atoms with Crippen LogP contribution in [0.4, 0.5) is 0 Å². The van der Waals surface area contributed by atoms with Crippen LogP contribution in [0.15, 0.2) is 0 Å². The minimum absolute atomic E-state index is 0.00386. The smallest absolute Gasteiger partial charge is 0.309 e. The van der Waals surface area contributed by atoms with Crippen molar-refractivity contribution in [3.8, 4) is 0 Å². The molecule has 5 aliphatic rings. The van der Waals surface area contributed by atoms with Crippen molar-refractivity contribution in [3.05, 3.63) is 0 Å². The first kappa shape index (κ1) is 24.1. The van der Waals surface area contributed by atoms with E-state index in [2.05, 4.69) is 41.5 Å². The summed E-state index contributed by atoms with van der Waals surface area (Å²) in [6.07, 6.45) is 12.4. The number of hydrogen-bond donors (Lipinski definition) is 2. The molecule has 3 heteroatoms. The Kier molecular flexibility index (Phi) is 5.13. The second kappa shape index (κ2) is 7.01. The van der Waals surface area contributed by atoms with E-state index in [0.29, 0.717) is 39.4 Å². The maximum absolute atomic E-state index is 12.3. The van der Waals surface area contributed by atoms with E-state index in [1.807, 2.05) is 6.92 Å². The molecule has 33 heavy (non-hydrogen) atoms. The minimum Gasteiger partial charge on any atom is -0.481 e. The maximum Gasteiger partial charge on any atom is 0.309 e. The molecule has 5 aliphatic carbocycles. The Morgan fingerprint density at radius 2 is 1.36 bits per heavy atom. The summed E-state index contributed by atoms with van der Waals surface area (Å²) in [7, 11) is 0. The van der Waals surface area contributed by atoms with Gasteiger partial charge in [0.15, 0.2) is 0 Å². The molecular weight excluding hydrogens is 408 g/mol. The Balaban J connectivity index is 1.52. The van der Waals surface area contributed by atoms with Crippen LogP contribution in [-0.2, 0) is 4.79 Å². The van der Waals surface area contributed by atoms with Gasteiger partial charge in [-0.15, -0.1) is 0 Å². The number of aliphatic hydroxyl groups is 1. The van der Waals surface area contributed by atoms with E-state index in [1.165, 1.54) is 44.9 Å². The number of carboxylic acids is 1. The molecule has 5 saturated carbocycles. The van der Waals surface area contributed by atoms with Gasteiger partial charge >= 0.3 is 5.97 Å². The van der Waals surface area contributed by atoms with E-state index < -0.39 is 11.4 Å². The molecule has 0 radical (unpaired) electrons. The fourth-order valence-electron chi connectivity index (χ4n) is 11.3. The van der Waals surface area contributed by atoms with Crippen LogP contribution in [0.2, 0.25) is 0 Å². The van der Waals surface area contributed by atoms with E-state index >= 15 is 0 Å². The van der Waals surface area contributed by atoms with Gasteiger partial charge in [0, 0.05) is 0 Å². The zero-order valence-electron chi connectivity index (χ0n) is 22.5. The molecule has 0 saturated heterocycles. The summed E-state index contributed by atoms with van der Waals surface area (Å²) >= 11 is 0. The minimum atomic E-state index is -0.576. The lowest BCUT2D eigenvalue weighted by atomic mass is 9.31. The second-order valence-corrected chi connectivity index (χ2v) is 15.4. The zero-order chi connectivity index (χ0) is 24.2. The first-order chi connectivity index (χ1) is 15.1. The molecule has 0 aromatic rings. The third kappa shape index (κ3) is 2.93. The summed E-state index contributed by atoms with van der Waals surface area (Å²) in [5.74, 6) is 1.94. The fraction of sp³-hybridized carbons (Fsp3) is 0.967. The van der Waals surface area contributed by atoms with Gasteiger partial charge in [0.2, 0.25) is 0 Å². The molecule has 0 heterocycles. The molecule has 5 rings (SSSR count). The van der Waals surface area contributed by atoms with E-state index in [-0.39, 0.29) is 11.5 Å². The van der Waals surface area contributed by atoms with Crippen LogP contribution in [-0.4, -0.2) is 22.3 Å². The van der Waals surface area contributed by atoms with E-state index in [0.717, 1.165) is 31.6 Å². The van der Waals surface area contributed by atoms with Gasteiger partial charge in [-0.25, -0.2) is 0 Å². The highest BCUT2D eigenvalue weighted by Crippen LogP contribution is 2.76. The van der Waals surface area contributed by atoms with E-state index in [4.69, 9.17) is 0 Å². The summed E-state index contributed by atoms with van der Waals surface area (Å²) < 4.78 is 0. The quantitative estimate of drug-likeness (QED) is 0.433. The molecule has 0 spiro atoms. The van der Waals surface area contributed by atoms with Crippen molar-refractivity contribution in [3.63, 3.8) is 0 Å². The first-order valence-corrected chi connectivity index (χ1v) is 14.1. The van der Waals surface area contributed by atoms with Crippen molar-refractivity contribution in [1.29, 1.82) is 0 Å². The number of carboxylic acid groups (broad SMARTS) is 1. The number of aliphatic hydroxyl groups excluding tert-OH is 1. The Labute approximate surface area is 202 Å². The van der Waals surface area contributed by atoms with Gasteiger partial charge in [0.05, 0.1) is 11.5 Å². The number of aliphatic carboxylic acids is 1. The topological polar surface area (TPSA) is 57.5 Å². The standard InChI is InChI=1S/C30H50O3/c1-25(2)21-10-13-30(7)22(28(21,5)12-11-23(25)31)9-8-19-20-18-27(4,24(32)33)15-14-26(20,3)16-17-29(19,30)6/h19-23,31H,8-18H2,1-7H3,(H,32,33)/t19-,20+,21+,22-,23+,26-,27+,28+,29-,30-/m1/s1. The summed E-state index contributed by atoms with van der Waals surface area (Å²) in [6.45, 7) is 17.0. The summed E-state index contributed by atoms with van der Waals surface area (Å²) in [6, 6.07) is 0. The van der Waals surface area contributed by atoms with E-state index in [1.54, 1.807) is 0 Å². The summed E-state index contributed by atoms with van der Waals surface area (Å²) in [4.78, 5) is 12.3. The highest BCUT2D eigenvalue weighted by atomic mass is 16.4. The van der Waals surface area contributed by atoms with Gasteiger partial charge in [0.1, 0.15) is 0 Å². The average molecular weight is 459 g/mol. The third-order valence-corrected chi connectivity index (χ3v) is 13.9. The van der Waals surface area contributed by atoms with Crippen LogP contribution >= 0.6 is 0 Å². The lowest BCUT2D eigenvalue weighted by Crippen LogP contribution is -2.67. The number of carbonyl (C=O) groups is 1. The molecule has 0 aromatic heterocycles. The molecular formula is C30H50O3. The van der Waals surface area contributed by atoms with Gasteiger partial charge in [-0.1, -0.05) is 41.5 Å². The Morgan fingerprint density at radius 1 is 0.697 bits per heavy atom. The van der Waals surface area contributed by atoms with Gasteiger partial charge in [-0.05, 0) is 128 Å². The molecule has 5 fully saturated rings.